The minimum atomic E-state index is -0.0740. The zero-order valence-electron chi connectivity index (χ0n) is 13.0. The number of ether oxygens (including phenoxy) is 1. The topological polar surface area (TPSA) is 53.1 Å². The molecule has 1 aromatic carbocycles. The summed E-state index contributed by atoms with van der Waals surface area (Å²) in [6, 6.07) is 5.61. The van der Waals surface area contributed by atoms with Crippen LogP contribution in [0.4, 0.5) is 5.69 Å². The Morgan fingerprint density at radius 1 is 1.18 bits per heavy atom. The fourth-order valence-electron chi connectivity index (χ4n) is 2.77. The van der Waals surface area contributed by atoms with Crippen LogP contribution in [0.25, 0.3) is 0 Å². The average Bonchev–Trinajstić information content (AvgIpc) is 2.52. The van der Waals surface area contributed by atoms with Gasteiger partial charge in [-0.25, -0.2) is 0 Å². The maximum atomic E-state index is 12.4. The highest BCUT2D eigenvalue weighted by Crippen LogP contribution is 2.32. The van der Waals surface area contributed by atoms with Gasteiger partial charge in [-0.3, -0.25) is 9.59 Å². The Morgan fingerprint density at radius 3 is 2.64 bits per heavy atom. The fraction of sp³-hybridized carbons (Fsp3) is 0.500. The molecule has 2 amide bonds. The molecule has 0 aromatic heterocycles. The van der Waals surface area contributed by atoms with E-state index in [1.54, 1.807) is 11.9 Å². The molecule has 0 aliphatic carbocycles. The molecule has 0 spiro atoms. The van der Waals surface area contributed by atoms with Gasteiger partial charge in [0, 0.05) is 33.2 Å². The van der Waals surface area contributed by atoms with E-state index in [9.17, 15) is 9.59 Å². The van der Waals surface area contributed by atoms with Crippen molar-refractivity contribution in [3.05, 3.63) is 23.8 Å². The van der Waals surface area contributed by atoms with Gasteiger partial charge in [-0.15, -0.1) is 0 Å². The molecule has 6 heteroatoms. The van der Waals surface area contributed by atoms with Crippen molar-refractivity contribution in [2.75, 3.05) is 51.8 Å². The lowest BCUT2D eigenvalue weighted by atomic mass is 10.1. The van der Waals surface area contributed by atoms with Crippen LogP contribution in [-0.2, 0) is 16.0 Å². The van der Waals surface area contributed by atoms with E-state index in [2.05, 4.69) is 11.9 Å². The molecule has 0 N–H and O–H groups in total. The number of fused-ring (bicyclic) bond motifs is 1. The van der Waals surface area contributed by atoms with Gasteiger partial charge in [0.1, 0.15) is 5.75 Å². The first-order chi connectivity index (χ1) is 10.5. The zero-order chi connectivity index (χ0) is 15.7. The van der Waals surface area contributed by atoms with Gasteiger partial charge < -0.3 is 19.4 Å². The third-order valence-electron chi connectivity index (χ3n) is 4.32. The van der Waals surface area contributed by atoms with E-state index < -0.39 is 0 Å². The van der Waals surface area contributed by atoms with Gasteiger partial charge in [-0.1, -0.05) is 6.07 Å². The summed E-state index contributed by atoms with van der Waals surface area (Å²) in [6.07, 6.45) is 0.360. The van der Waals surface area contributed by atoms with Crippen molar-refractivity contribution in [2.45, 2.75) is 6.42 Å². The highest BCUT2D eigenvalue weighted by atomic mass is 16.5. The molecular formula is C16H21N3O3. The van der Waals surface area contributed by atoms with Crippen molar-refractivity contribution in [1.82, 2.24) is 9.80 Å². The summed E-state index contributed by atoms with van der Waals surface area (Å²) in [6.45, 7) is 3.47. The highest BCUT2D eigenvalue weighted by molar-refractivity contribution is 5.97. The smallest absolute Gasteiger partial charge is 0.264 e. The van der Waals surface area contributed by atoms with Crippen LogP contribution in [0.2, 0.25) is 0 Å². The maximum Gasteiger partial charge on any atom is 0.264 e. The van der Waals surface area contributed by atoms with Crippen molar-refractivity contribution >= 4 is 17.5 Å². The van der Waals surface area contributed by atoms with Crippen LogP contribution in [0.5, 0.6) is 5.75 Å². The van der Waals surface area contributed by atoms with E-state index in [1.807, 2.05) is 23.1 Å². The van der Waals surface area contributed by atoms with Crippen LogP contribution >= 0.6 is 0 Å². The molecule has 1 saturated heterocycles. The van der Waals surface area contributed by atoms with Gasteiger partial charge in [0.15, 0.2) is 6.61 Å². The van der Waals surface area contributed by atoms with E-state index in [-0.39, 0.29) is 18.4 Å². The molecule has 2 aliphatic heterocycles. The van der Waals surface area contributed by atoms with Gasteiger partial charge >= 0.3 is 0 Å². The van der Waals surface area contributed by atoms with Gasteiger partial charge in [0.25, 0.3) is 5.91 Å². The number of nitrogens with zero attached hydrogens (tertiary/aromatic N) is 3. The Hall–Kier alpha value is -2.08. The Morgan fingerprint density at radius 2 is 1.91 bits per heavy atom. The largest absolute Gasteiger partial charge is 0.482 e. The summed E-state index contributed by atoms with van der Waals surface area (Å²) in [7, 11) is 3.80. The summed E-state index contributed by atoms with van der Waals surface area (Å²) >= 11 is 0. The molecular weight excluding hydrogens is 282 g/mol. The monoisotopic (exact) mass is 303 g/mol. The fourth-order valence-corrected chi connectivity index (χ4v) is 2.77. The Labute approximate surface area is 130 Å². The van der Waals surface area contributed by atoms with Crippen LogP contribution in [-0.4, -0.2) is 68.5 Å². The Bertz CT molecular complexity index is 594. The average molecular weight is 303 g/mol. The number of piperazine rings is 1. The predicted molar refractivity (Wildman–Crippen MR) is 83.1 cm³/mol. The van der Waals surface area contributed by atoms with Gasteiger partial charge in [-0.05, 0) is 24.7 Å². The summed E-state index contributed by atoms with van der Waals surface area (Å²) < 4.78 is 5.40. The summed E-state index contributed by atoms with van der Waals surface area (Å²) in [5.74, 6) is 0.756. The molecule has 6 nitrogen and oxygen atoms in total. The normalized spacial score (nSPS) is 18.9. The minimum Gasteiger partial charge on any atom is -0.482 e. The van der Waals surface area contributed by atoms with Crippen molar-refractivity contribution < 1.29 is 14.3 Å². The number of likely N-dealkylation sites (N-methyl/N-ethyl adjacent to an activating group) is 2. The van der Waals surface area contributed by atoms with Crippen LogP contribution in [0.1, 0.15) is 5.56 Å². The second-order valence-electron chi connectivity index (χ2n) is 5.90. The number of hydrogen-bond donors (Lipinski definition) is 0. The number of rotatable bonds is 2. The molecule has 0 unspecified atom stereocenters. The second kappa shape index (κ2) is 5.96. The second-order valence-corrected chi connectivity index (χ2v) is 5.90. The molecule has 0 saturated carbocycles. The third-order valence-corrected chi connectivity index (χ3v) is 4.32. The quantitative estimate of drug-likeness (QED) is 0.791. The first-order valence-electron chi connectivity index (χ1n) is 7.53. The lowest BCUT2D eigenvalue weighted by Gasteiger charge is -2.32. The van der Waals surface area contributed by atoms with Crippen molar-refractivity contribution in [1.29, 1.82) is 0 Å². The van der Waals surface area contributed by atoms with Crippen LogP contribution in [0.3, 0.4) is 0 Å². The van der Waals surface area contributed by atoms with Crippen molar-refractivity contribution in [3.8, 4) is 5.75 Å². The first kappa shape index (κ1) is 14.8. The molecule has 3 rings (SSSR count). The molecule has 1 fully saturated rings. The number of anilines is 1. The third kappa shape index (κ3) is 2.92. The molecule has 0 bridgehead atoms. The Balaban J connectivity index is 1.71. The standard InChI is InChI=1S/C16H21N3O3/c1-17-5-7-19(8-6-17)15(20)10-12-3-4-14-13(9-12)18(2)16(21)11-22-14/h3-4,9H,5-8,10-11H2,1-2H3. The maximum absolute atomic E-state index is 12.4. The van der Waals surface area contributed by atoms with Gasteiger partial charge in [-0.2, -0.15) is 0 Å². The highest BCUT2D eigenvalue weighted by Gasteiger charge is 2.24. The summed E-state index contributed by atoms with van der Waals surface area (Å²) in [5, 5.41) is 0. The number of carbonyl (C=O) groups excluding carboxylic acids is 2. The summed E-state index contributed by atoms with van der Waals surface area (Å²) in [5.41, 5.74) is 1.65. The number of carbonyl (C=O) groups is 2. The first-order valence-corrected chi connectivity index (χ1v) is 7.53. The Kier molecular flexibility index (Phi) is 4.02. The van der Waals surface area contributed by atoms with E-state index in [4.69, 9.17) is 4.74 Å². The van der Waals surface area contributed by atoms with Crippen LogP contribution < -0.4 is 9.64 Å². The van der Waals surface area contributed by atoms with Crippen LogP contribution in [0.15, 0.2) is 18.2 Å². The van der Waals surface area contributed by atoms with E-state index in [1.165, 1.54) is 0 Å². The van der Waals surface area contributed by atoms with Gasteiger partial charge in [0.05, 0.1) is 12.1 Å². The molecule has 2 heterocycles. The molecule has 0 radical (unpaired) electrons. The zero-order valence-corrected chi connectivity index (χ0v) is 13.0. The lowest BCUT2D eigenvalue weighted by Crippen LogP contribution is -2.47. The molecule has 118 valence electrons. The van der Waals surface area contributed by atoms with Crippen molar-refractivity contribution in [2.24, 2.45) is 0 Å². The number of hydrogen-bond acceptors (Lipinski definition) is 4. The molecule has 0 atom stereocenters. The molecule has 2 aliphatic rings. The number of amides is 2. The van der Waals surface area contributed by atoms with E-state index in [0.717, 1.165) is 37.4 Å². The van der Waals surface area contributed by atoms with Crippen molar-refractivity contribution in [3.63, 3.8) is 0 Å². The minimum absolute atomic E-state index is 0.0725. The SMILES string of the molecule is CN1CCN(C(=O)Cc2ccc3c(c2)N(C)C(=O)CO3)CC1. The number of benzene rings is 1. The van der Waals surface area contributed by atoms with E-state index in [0.29, 0.717) is 12.2 Å². The van der Waals surface area contributed by atoms with Crippen LogP contribution in [0, 0.1) is 0 Å². The molecule has 1 aromatic rings. The lowest BCUT2D eigenvalue weighted by molar-refractivity contribution is -0.132. The van der Waals surface area contributed by atoms with E-state index >= 15 is 0 Å². The van der Waals surface area contributed by atoms with Gasteiger partial charge in [0.2, 0.25) is 5.91 Å². The predicted octanol–water partition coefficient (Wildman–Crippen LogP) is 0.358. The summed E-state index contributed by atoms with van der Waals surface area (Å²) in [4.78, 5) is 29.8. The molecule has 22 heavy (non-hydrogen) atoms.